The van der Waals surface area contributed by atoms with Crippen molar-refractivity contribution in [2.24, 2.45) is 0 Å². The van der Waals surface area contributed by atoms with Crippen LogP contribution in [-0.4, -0.2) is 25.2 Å². The molecular formula is C28H31NO2. The monoisotopic (exact) mass is 413 g/mol. The number of hydrogen-bond donors (Lipinski definition) is 0. The molecule has 0 spiro atoms. The maximum absolute atomic E-state index is 12.7. The Labute approximate surface area is 185 Å². The number of carbonyl (C=O) groups is 1. The minimum Gasteiger partial charge on any atom is -0.457 e. The molecule has 160 valence electrons. The number of benzene rings is 3. The zero-order valence-electron chi connectivity index (χ0n) is 18.7. The van der Waals surface area contributed by atoms with Gasteiger partial charge in [-0.3, -0.25) is 0 Å². The predicted molar refractivity (Wildman–Crippen MR) is 128 cm³/mol. The summed E-state index contributed by atoms with van der Waals surface area (Å²) in [6, 6.07) is 26.7. The Kier molecular flexibility index (Phi) is 6.13. The fourth-order valence-electron chi connectivity index (χ4n) is 4.09. The fraction of sp³-hybridized carbons (Fsp3) is 0.321. The third-order valence-corrected chi connectivity index (χ3v) is 5.98. The lowest BCUT2D eigenvalue weighted by atomic mass is 9.86. The third kappa shape index (κ3) is 5.16. The average molecular weight is 414 g/mol. The fourth-order valence-corrected chi connectivity index (χ4v) is 4.09. The molecule has 1 saturated heterocycles. The van der Waals surface area contributed by atoms with E-state index in [0.29, 0.717) is 5.56 Å². The molecule has 1 aliphatic heterocycles. The van der Waals surface area contributed by atoms with Crippen LogP contribution >= 0.6 is 0 Å². The molecule has 0 aromatic heterocycles. The second kappa shape index (κ2) is 8.97. The summed E-state index contributed by atoms with van der Waals surface area (Å²) < 4.78 is 5.85. The van der Waals surface area contributed by atoms with E-state index in [1.807, 2.05) is 42.5 Å². The summed E-state index contributed by atoms with van der Waals surface area (Å²) in [6.45, 7) is 8.39. The van der Waals surface area contributed by atoms with Crippen molar-refractivity contribution < 1.29 is 9.53 Å². The SMILES string of the molecule is CC(C)(C)c1ccc(-c2ccc(C(=O)OC3CCCN(c4ccccc4)C3)cc2)cc1. The van der Waals surface area contributed by atoms with Crippen LogP contribution in [0.5, 0.6) is 0 Å². The van der Waals surface area contributed by atoms with Crippen molar-refractivity contribution in [2.45, 2.75) is 45.1 Å². The molecule has 0 amide bonds. The van der Waals surface area contributed by atoms with Gasteiger partial charge in [-0.05, 0) is 59.2 Å². The maximum atomic E-state index is 12.7. The normalized spacial score (nSPS) is 16.7. The molecule has 3 aromatic carbocycles. The summed E-state index contributed by atoms with van der Waals surface area (Å²) in [5.74, 6) is -0.241. The Morgan fingerprint density at radius 3 is 2.10 bits per heavy atom. The van der Waals surface area contributed by atoms with Gasteiger partial charge in [0.2, 0.25) is 0 Å². The Balaban J connectivity index is 1.39. The van der Waals surface area contributed by atoms with Crippen LogP contribution in [0, 0.1) is 0 Å². The topological polar surface area (TPSA) is 29.5 Å². The number of piperidine rings is 1. The molecule has 3 nitrogen and oxygen atoms in total. The molecule has 0 saturated carbocycles. The van der Waals surface area contributed by atoms with Crippen LogP contribution in [0.4, 0.5) is 5.69 Å². The van der Waals surface area contributed by atoms with Crippen LogP contribution in [0.15, 0.2) is 78.9 Å². The molecule has 1 aliphatic rings. The van der Waals surface area contributed by atoms with E-state index in [-0.39, 0.29) is 17.5 Å². The van der Waals surface area contributed by atoms with E-state index in [1.165, 1.54) is 11.3 Å². The Morgan fingerprint density at radius 1 is 0.871 bits per heavy atom. The number of nitrogens with zero attached hydrogens (tertiary/aromatic N) is 1. The Bertz CT molecular complexity index is 1000. The molecule has 1 atom stereocenters. The lowest BCUT2D eigenvalue weighted by Crippen LogP contribution is -2.40. The highest BCUT2D eigenvalue weighted by atomic mass is 16.5. The van der Waals surface area contributed by atoms with Crippen LogP contribution in [0.3, 0.4) is 0 Å². The first-order chi connectivity index (χ1) is 14.9. The highest BCUT2D eigenvalue weighted by Crippen LogP contribution is 2.27. The third-order valence-electron chi connectivity index (χ3n) is 5.98. The first-order valence-electron chi connectivity index (χ1n) is 11.1. The molecule has 0 bridgehead atoms. The van der Waals surface area contributed by atoms with Crippen molar-refractivity contribution in [3.63, 3.8) is 0 Å². The summed E-state index contributed by atoms with van der Waals surface area (Å²) in [7, 11) is 0. The van der Waals surface area contributed by atoms with Crippen molar-refractivity contribution in [3.05, 3.63) is 90.0 Å². The molecule has 0 N–H and O–H groups in total. The number of anilines is 1. The Hall–Kier alpha value is -3.07. The summed E-state index contributed by atoms with van der Waals surface area (Å²) in [4.78, 5) is 15.0. The summed E-state index contributed by atoms with van der Waals surface area (Å²) >= 11 is 0. The van der Waals surface area contributed by atoms with Crippen LogP contribution in [0.1, 0.15) is 49.5 Å². The number of hydrogen-bond acceptors (Lipinski definition) is 3. The van der Waals surface area contributed by atoms with Crippen LogP contribution in [0.2, 0.25) is 0 Å². The van der Waals surface area contributed by atoms with Crippen molar-refractivity contribution in [1.29, 1.82) is 0 Å². The van der Waals surface area contributed by atoms with E-state index in [0.717, 1.165) is 37.1 Å². The molecule has 0 aliphatic carbocycles. The average Bonchev–Trinajstić information content (AvgIpc) is 2.79. The van der Waals surface area contributed by atoms with Gasteiger partial charge in [-0.1, -0.05) is 75.4 Å². The van der Waals surface area contributed by atoms with Gasteiger partial charge in [-0.2, -0.15) is 0 Å². The van der Waals surface area contributed by atoms with Gasteiger partial charge in [0.15, 0.2) is 0 Å². The number of esters is 1. The van der Waals surface area contributed by atoms with E-state index in [1.54, 1.807) is 0 Å². The Morgan fingerprint density at radius 2 is 1.48 bits per heavy atom. The van der Waals surface area contributed by atoms with Gasteiger partial charge < -0.3 is 9.64 Å². The first-order valence-corrected chi connectivity index (χ1v) is 11.1. The van der Waals surface area contributed by atoms with Gasteiger partial charge in [0.1, 0.15) is 6.10 Å². The van der Waals surface area contributed by atoms with E-state index < -0.39 is 0 Å². The first kappa shape index (κ1) is 21.2. The van der Waals surface area contributed by atoms with Crippen molar-refractivity contribution in [3.8, 4) is 11.1 Å². The zero-order chi connectivity index (χ0) is 21.8. The highest BCUT2D eigenvalue weighted by molar-refractivity contribution is 5.90. The van der Waals surface area contributed by atoms with Crippen molar-refractivity contribution in [1.82, 2.24) is 0 Å². The number of para-hydroxylation sites is 1. The molecule has 1 unspecified atom stereocenters. The lowest BCUT2D eigenvalue weighted by molar-refractivity contribution is 0.0270. The van der Waals surface area contributed by atoms with E-state index in [2.05, 4.69) is 62.1 Å². The van der Waals surface area contributed by atoms with Gasteiger partial charge in [0.25, 0.3) is 0 Å². The van der Waals surface area contributed by atoms with Crippen molar-refractivity contribution in [2.75, 3.05) is 18.0 Å². The second-order valence-electron chi connectivity index (χ2n) is 9.36. The highest BCUT2D eigenvalue weighted by Gasteiger charge is 2.24. The maximum Gasteiger partial charge on any atom is 0.338 e. The largest absolute Gasteiger partial charge is 0.457 e. The van der Waals surface area contributed by atoms with E-state index >= 15 is 0 Å². The van der Waals surface area contributed by atoms with Crippen LogP contribution in [-0.2, 0) is 10.2 Å². The van der Waals surface area contributed by atoms with Gasteiger partial charge in [-0.25, -0.2) is 4.79 Å². The summed E-state index contributed by atoms with van der Waals surface area (Å²) in [5, 5.41) is 0. The number of rotatable bonds is 4. The smallest absolute Gasteiger partial charge is 0.338 e. The van der Waals surface area contributed by atoms with Crippen molar-refractivity contribution >= 4 is 11.7 Å². The molecule has 1 fully saturated rings. The number of carbonyl (C=O) groups excluding carboxylic acids is 1. The van der Waals surface area contributed by atoms with Gasteiger partial charge in [0.05, 0.1) is 12.1 Å². The second-order valence-corrected chi connectivity index (χ2v) is 9.36. The number of ether oxygens (including phenoxy) is 1. The molecule has 4 rings (SSSR count). The van der Waals surface area contributed by atoms with Gasteiger partial charge in [-0.15, -0.1) is 0 Å². The molecule has 3 aromatic rings. The molecular weight excluding hydrogens is 382 g/mol. The van der Waals surface area contributed by atoms with Gasteiger partial charge >= 0.3 is 5.97 Å². The summed E-state index contributed by atoms with van der Waals surface area (Å²) in [6.07, 6.45) is 1.86. The molecule has 1 heterocycles. The van der Waals surface area contributed by atoms with Crippen LogP contribution < -0.4 is 4.90 Å². The summed E-state index contributed by atoms with van der Waals surface area (Å²) in [5.41, 5.74) is 5.50. The predicted octanol–water partition coefficient (Wildman–Crippen LogP) is 6.48. The molecule has 31 heavy (non-hydrogen) atoms. The van der Waals surface area contributed by atoms with E-state index in [4.69, 9.17) is 4.74 Å². The minimum atomic E-state index is -0.241. The van der Waals surface area contributed by atoms with Gasteiger partial charge in [0, 0.05) is 12.2 Å². The van der Waals surface area contributed by atoms with Crippen LogP contribution in [0.25, 0.3) is 11.1 Å². The minimum absolute atomic E-state index is 0.0777. The molecule has 3 heteroatoms. The zero-order valence-corrected chi connectivity index (χ0v) is 18.7. The van der Waals surface area contributed by atoms with E-state index in [9.17, 15) is 4.79 Å². The standard InChI is InChI=1S/C28H31NO2/c1-28(2,3)24-17-15-22(16-18-24)21-11-13-23(14-12-21)27(30)31-26-10-7-19-29(20-26)25-8-5-4-6-9-25/h4-6,8-9,11-18,26H,7,10,19-20H2,1-3H3. The molecule has 0 radical (unpaired) electrons. The lowest BCUT2D eigenvalue weighted by Gasteiger charge is -2.34. The quantitative estimate of drug-likeness (QED) is 0.459.